The van der Waals surface area contributed by atoms with E-state index in [1.807, 2.05) is 4.68 Å². The molecule has 0 radical (unpaired) electrons. The summed E-state index contributed by atoms with van der Waals surface area (Å²) in [5.74, 6) is 0.459. The largest absolute Gasteiger partial charge is 0.317 e. The van der Waals surface area contributed by atoms with Crippen LogP contribution in [0.1, 0.15) is 51.6 Å². The Hall–Kier alpha value is -0.540. The van der Waals surface area contributed by atoms with E-state index in [9.17, 15) is 0 Å². The van der Waals surface area contributed by atoms with E-state index in [2.05, 4.69) is 31.2 Å². The van der Waals surface area contributed by atoms with Gasteiger partial charge in [-0.25, -0.2) is 0 Å². The second-order valence-electron chi connectivity index (χ2n) is 4.54. The maximum atomic E-state index is 6.21. The van der Waals surface area contributed by atoms with Crippen molar-refractivity contribution in [1.29, 1.82) is 0 Å². The van der Waals surface area contributed by atoms with Crippen molar-refractivity contribution in [3.05, 3.63) is 16.9 Å². The molecule has 1 aromatic rings. The van der Waals surface area contributed by atoms with Crippen LogP contribution in [0.2, 0.25) is 5.02 Å². The van der Waals surface area contributed by atoms with Crippen molar-refractivity contribution in [2.45, 2.75) is 52.5 Å². The molecule has 0 aliphatic carbocycles. The average molecular weight is 258 g/mol. The van der Waals surface area contributed by atoms with E-state index in [1.54, 1.807) is 6.20 Å². The topological polar surface area (TPSA) is 29.9 Å². The minimum absolute atomic E-state index is 0.459. The van der Waals surface area contributed by atoms with Crippen LogP contribution in [0, 0.1) is 0 Å². The molecule has 0 aromatic carbocycles. The molecule has 1 rings (SSSR count). The molecule has 1 unspecified atom stereocenters. The zero-order valence-corrected chi connectivity index (χ0v) is 11.9. The fraction of sp³-hybridized carbons (Fsp3) is 0.769. The number of nitrogens with one attached hydrogen (secondary N) is 1. The van der Waals surface area contributed by atoms with Crippen LogP contribution in [-0.2, 0) is 6.54 Å². The van der Waals surface area contributed by atoms with Crippen molar-refractivity contribution < 1.29 is 0 Å². The molecule has 17 heavy (non-hydrogen) atoms. The molecule has 0 saturated carbocycles. The Labute approximate surface area is 110 Å². The van der Waals surface area contributed by atoms with Gasteiger partial charge in [-0.2, -0.15) is 5.10 Å². The average Bonchev–Trinajstić information content (AvgIpc) is 2.66. The van der Waals surface area contributed by atoms with Gasteiger partial charge in [-0.05, 0) is 32.4 Å². The van der Waals surface area contributed by atoms with Gasteiger partial charge in [0.15, 0.2) is 0 Å². The number of hydrogen-bond donors (Lipinski definition) is 1. The lowest BCUT2D eigenvalue weighted by atomic mass is 10.0. The summed E-state index contributed by atoms with van der Waals surface area (Å²) in [6.07, 6.45) is 5.15. The zero-order valence-electron chi connectivity index (χ0n) is 11.2. The number of halogens is 1. The Morgan fingerprint density at radius 1 is 1.35 bits per heavy atom. The molecule has 0 amide bonds. The first-order valence-corrected chi connectivity index (χ1v) is 7.00. The molecule has 0 fully saturated rings. The van der Waals surface area contributed by atoms with Gasteiger partial charge in [-0.15, -0.1) is 0 Å². The molecular formula is C13H24ClN3. The van der Waals surface area contributed by atoms with E-state index in [0.717, 1.165) is 37.5 Å². The van der Waals surface area contributed by atoms with Crippen LogP contribution in [-0.4, -0.2) is 22.9 Å². The minimum Gasteiger partial charge on any atom is -0.317 e. The third-order valence-corrected chi connectivity index (χ3v) is 3.21. The summed E-state index contributed by atoms with van der Waals surface area (Å²) in [5.41, 5.74) is 1.19. The van der Waals surface area contributed by atoms with Crippen LogP contribution < -0.4 is 5.32 Å². The standard InChI is InChI=1S/C13H24ClN3/c1-4-7-15-8-6-11(3)13-12(14)10-16-17(13)9-5-2/h10-11,15H,4-9H2,1-3H3. The summed E-state index contributed by atoms with van der Waals surface area (Å²) in [6.45, 7) is 9.66. The van der Waals surface area contributed by atoms with Crippen LogP contribution in [0.5, 0.6) is 0 Å². The summed E-state index contributed by atoms with van der Waals surface area (Å²) in [6, 6.07) is 0. The van der Waals surface area contributed by atoms with Crippen LogP contribution in [0.4, 0.5) is 0 Å². The highest BCUT2D eigenvalue weighted by Gasteiger charge is 2.15. The second-order valence-corrected chi connectivity index (χ2v) is 4.95. The first kappa shape index (κ1) is 14.5. The quantitative estimate of drug-likeness (QED) is 0.723. The third-order valence-electron chi connectivity index (χ3n) is 2.92. The molecule has 0 saturated heterocycles. The number of aryl methyl sites for hydroxylation is 1. The van der Waals surface area contributed by atoms with Crippen LogP contribution in [0.15, 0.2) is 6.20 Å². The molecule has 1 atom stereocenters. The van der Waals surface area contributed by atoms with Gasteiger partial charge in [0.25, 0.3) is 0 Å². The van der Waals surface area contributed by atoms with Crippen molar-refractivity contribution in [3.8, 4) is 0 Å². The summed E-state index contributed by atoms with van der Waals surface area (Å²) in [5, 5.41) is 8.57. The van der Waals surface area contributed by atoms with Gasteiger partial charge in [0.05, 0.1) is 16.9 Å². The lowest BCUT2D eigenvalue weighted by Gasteiger charge is -2.15. The molecule has 0 aliphatic heterocycles. The number of aromatic nitrogens is 2. The second kappa shape index (κ2) is 7.72. The van der Waals surface area contributed by atoms with E-state index < -0.39 is 0 Å². The number of hydrogen-bond acceptors (Lipinski definition) is 2. The van der Waals surface area contributed by atoms with Gasteiger partial charge in [0, 0.05) is 12.5 Å². The van der Waals surface area contributed by atoms with Crippen molar-refractivity contribution >= 4 is 11.6 Å². The lowest BCUT2D eigenvalue weighted by Crippen LogP contribution is -2.18. The third kappa shape index (κ3) is 4.32. The monoisotopic (exact) mass is 257 g/mol. The Balaban J connectivity index is 2.54. The van der Waals surface area contributed by atoms with Gasteiger partial charge in [-0.1, -0.05) is 32.4 Å². The predicted molar refractivity (Wildman–Crippen MR) is 73.7 cm³/mol. The number of nitrogens with zero attached hydrogens (tertiary/aromatic N) is 2. The highest BCUT2D eigenvalue weighted by atomic mass is 35.5. The van der Waals surface area contributed by atoms with E-state index in [4.69, 9.17) is 11.6 Å². The molecular weight excluding hydrogens is 234 g/mol. The van der Waals surface area contributed by atoms with Crippen LogP contribution in [0.25, 0.3) is 0 Å². The van der Waals surface area contributed by atoms with Crippen molar-refractivity contribution in [3.63, 3.8) is 0 Å². The SMILES string of the molecule is CCCNCCC(C)c1c(Cl)cnn1CCC. The minimum atomic E-state index is 0.459. The molecule has 1 heterocycles. The molecule has 0 bridgehead atoms. The summed E-state index contributed by atoms with van der Waals surface area (Å²) >= 11 is 6.21. The highest BCUT2D eigenvalue weighted by molar-refractivity contribution is 6.31. The van der Waals surface area contributed by atoms with Crippen LogP contribution in [0.3, 0.4) is 0 Å². The summed E-state index contributed by atoms with van der Waals surface area (Å²) < 4.78 is 2.05. The Kier molecular flexibility index (Phi) is 6.60. The van der Waals surface area contributed by atoms with Gasteiger partial charge < -0.3 is 5.32 Å². The highest BCUT2D eigenvalue weighted by Crippen LogP contribution is 2.26. The maximum absolute atomic E-state index is 6.21. The molecule has 4 heteroatoms. The first-order valence-electron chi connectivity index (χ1n) is 6.62. The summed E-state index contributed by atoms with van der Waals surface area (Å²) in [7, 11) is 0. The van der Waals surface area contributed by atoms with Gasteiger partial charge >= 0.3 is 0 Å². The van der Waals surface area contributed by atoms with Crippen LogP contribution >= 0.6 is 11.6 Å². The Morgan fingerprint density at radius 3 is 2.76 bits per heavy atom. The molecule has 98 valence electrons. The van der Waals surface area contributed by atoms with E-state index >= 15 is 0 Å². The molecule has 0 aliphatic rings. The van der Waals surface area contributed by atoms with Crippen molar-refractivity contribution in [2.24, 2.45) is 0 Å². The smallest absolute Gasteiger partial charge is 0.0820 e. The molecule has 1 aromatic heterocycles. The first-order chi connectivity index (χ1) is 8.20. The fourth-order valence-corrected chi connectivity index (χ4v) is 2.34. The predicted octanol–water partition coefficient (Wildman–Crippen LogP) is 3.44. The van der Waals surface area contributed by atoms with E-state index in [-0.39, 0.29) is 0 Å². The van der Waals surface area contributed by atoms with E-state index in [1.165, 1.54) is 12.1 Å². The van der Waals surface area contributed by atoms with Crippen molar-refractivity contribution in [2.75, 3.05) is 13.1 Å². The molecule has 3 nitrogen and oxygen atoms in total. The van der Waals surface area contributed by atoms with E-state index in [0.29, 0.717) is 5.92 Å². The molecule has 0 spiro atoms. The van der Waals surface area contributed by atoms with Gasteiger partial charge in [0.1, 0.15) is 0 Å². The fourth-order valence-electron chi connectivity index (χ4n) is 2.01. The zero-order chi connectivity index (χ0) is 12.7. The lowest BCUT2D eigenvalue weighted by molar-refractivity contribution is 0.518. The summed E-state index contributed by atoms with van der Waals surface area (Å²) in [4.78, 5) is 0. The maximum Gasteiger partial charge on any atom is 0.0820 e. The number of rotatable bonds is 8. The molecule has 1 N–H and O–H groups in total. The van der Waals surface area contributed by atoms with Gasteiger partial charge in [0.2, 0.25) is 0 Å². The Bertz CT molecular complexity index is 322. The van der Waals surface area contributed by atoms with Gasteiger partial charge in [-0.3, -0.25) is 4.68 Å². The van der Waals surface area contributed by atoms with Crippen molar-refractivity contribution in [1.82, 2.24) is 15.1 Å². The normalized spacial score (nSPS) is 12.9. The Morgan fingerprint density at radius 2 is 2.12 bits per heavy atom.